The topological polar surface area (TPSA) is 37.4 Å². The zero-order chi connectivity index (χ0) is 15.2. The van der Waals surface area contributed by atoms with Gasteiger partial charge in [-0.05, 0) is 19.3 Å². The van der Waals surface area contributed by atoms with Crippen molar-refractivity contribution >= 4 is 16.5 Å². The van der Waals surface area contributed by atoms with Gasteiger partial charge in [-0.3, -0.25) is 0 Å². The van der Waals surface area contributed by atoms with Crippen LogP contribution in [0.2, 0.25) is 0 Å². The SMILES string of the molecule is CCCc1nc(N(CCOC)C2CC2)sc1CNC(C)C. The summed E-state index contributed by atoms with van der Waals surface area (Å²) < 4.78 is 5.26. The van der Waals surface area contributed by atoms with Gasteiger partial charge in [0.1, 0.15) is 0 Å². The smallest absolute Gasteiger partial charge is 0.186 e. The zero-order valence-electron chi connectivity index (χ0n) is 13.8. The Kier molecular flexibility index (Phi) is 6.45. The van der Waals surface area contributed by atoms with Crippen molar-refractivity contribution in [3.8, 4) is 0 Å². The van der Waals surface area contributed by atoms with E-state index in [0.717, 1.165) is 32.5 Å². The van der Waals surface area contributed by atoms with Crippen molar-refractivity contribution in [1.82, 2.24) is 10.3 Å². The summed E-state index contributed by atoms with van der Waals surface area (Å²) in [5, 5.41) is 4.72. The van der Waals surface area contributed by atoms with Crippen LogP contribution in [0.25, 0.3) is 0 Å². The van der Waals surface area contributed by atoms with Crippen LogP contribution >= 0.6 is 11.3 Å². The summed E-state index contributed by atoms with van der Waals surface area (Å²) in [7, 11) is 1.77. The quantitative estimate of drug-likeness (QED) is 0.720. The molecule has 1 aliphatic rings. The van der Waals surface area contributed by atoms with Gasteiger partial charge in [0.05, 0.1) is 12.3 Å². The van der Waals surface area contributed by atoms with E-state index in [0.29, 0.717) is 12.1 Å². The number of aromatic nitrogens is 1. The lowest BCUT2D eigenvalue weighted by atomic mass is 10.2. The molecule has 0 aliphatic heterocycles. The summed E-state index contributed by atoms with van der Waals surface area (Å²) in [4.78, 5) is 8.80. The molecule has 1 heterocycles. The minimum atomic E-state index is 0.512. The number of hydrogen-bond acceptors (Lipinski definition) is 5. The van der Waals surface area contributed by atoms with Crippen LogP contribution in [0.5, 0.6) is 0 Å². The van der Waals surface area contributed by atoms with Crippen molar-refractivity contribution in [1.29, 1.82) is 0 Å². The average molecular weight is 311 g/mol. The highest BCUT2D eigenvalue weighted by Crippen LogP contribution is 2.35. The maximum Gasteiger partial charge on any atom is 0.186 e. The summed E-state index contributed by atoms with van der Waals surface area (Å²) in [5.41, 5.74) is 1.29. The lowest BCUT2D eigenvalue weighted by Gasteiger charge is -2.20. The number of hydrogen-bond donors (Lipinski definition) is 1. The van der Waals surface area contributed by atoms with Crippen LogP contribution in [-0.2, 0) is 17.7 Å². The summed E-state index contributed by atoms with van der Waals surface area (Å²) in [6.45, 7) is 9.28. The molecule has 1 aromatic heterocycles. The second kappa shape index (κ2) is 8.11. The van der Waals surface area contributed by atoms with Gasteiger partial charge in [0.25, 0.3) is 0 Å². The summed E-state index contributed by atoms with van der Waals surface area (Å²) in [6.07, 6.45) is 4.83. The van der Waals surface area contributed by atoms with Crippen LogP contribution < -0.4 is 10.2 Å². The van der Waals surface area contributed by atoms with Gasteiger partial charge in [-0.25, -0.2) is 4.98 Å². The normalized spacial score (nSPS) is 14.9. The molecule has 0 amide bonds. The van der Waals surface area contributed by atoms with Crippen LogP contribution in [0.3, 0.4) is 0 Å². The molecule has 0 radical (unpaired) electrons. The van der Waals surface area contributed by atoms with E-state index in [4.69, 9.17) is 9.72 Å². The maximum absolute atomic E-state index is 5.26. The highest BCUT2D eigenvalue weighted by atomic mass is 32.1. The first-order chi connectivity index (χ1) is 10.2. The predicted octanol–water partition coefficient (Wildman–Crippen LogP) is 3.21. The Hall–Kier alpha value is -0.650. The molecule has 4 nitrogen and oxygen atoms in total. The highest BCUT2D eigenvalue weighted by molar-refractivity contribution is 7.15. The zero-order valence-corrected chi connectivity index (χ0v) is 14.6. The Labute approximate surface area is 132 Å². The molecule has 1 aliphatic carbocycles. The Morgan fingerprint density at radius 1 is 1.43 bits per heavy atom. The standard InChI is InChI=1S/C16H29N3OS/c1-5-6-14-15(11-17-12(2)3)21-16(18-14)19(9-10-20-4)13-7-8-13/h12-13,17H,5-11H2,1-4H3. The summed E-state index contributed by atoms with van der Waals surface area (Å²) in [6, 6.07) is 1.20. The van der Waals surface area contributed by atoms with Gasteiger partial charge < -0.3 is 15.0 Å². The Morgan fingerprint density at radius 2 is 2.19 bits per heavy atom. The fraction of sp³-hybridized carbons (Fsp3) is 0.812. The van der Waals surface area contributed by atoms with Crippen molar-refractivity contribution in [2.24, 2.45) is 0 Å². The summed E-state index contributed by atoms with van der Waals surface area (Å²) in [5.74, 6) is 0. The number of aryl methyl sites for hydroxylation is 1. The average Bonchev–Trinajstić information content (AvgIpc) is 3.20. The van der Waals surface area contributed by atoms with Crippen LogP contribution in [0.1, 0.15) is 50.6 Å². The molecule has 5 heteroatoms. The molecule has 1 aromatic rings. The van der Waals surface area contributed by atoms with Crippen molar-refractivity contribution in [2.45, 2.75) is 65.1 Å². The van der Waals surface area contributed by atoms with Gasteiger partial charge in [-0.15, -0.1) is 11.3 Å². The molecular formula is C16H29N3OS. The molecule has 0 atom stereocenters. The van der Waals surface area contributed by atoms with Crippen molar-refractivity contribution in [3.63, 3.8) is 0 Å². The summed E-state index contributed by atoms with van der Waals surface area (Å²) >= 11 is 1.87. The number of rotatable bonds is 10. The van der Waals surface area contributed by atoms with Crippen molar-refractivity contribution < 1.29 is 4.74 Å². The molecule has 120 valence electrons. The van der Waals surface area contributed by atoms with E-state index in [-0.39, 0.29) is 0 Å². The minimum Gasteiger partial charge on any atom is -0.383 e. The van der Waals surface area contributed by atoms with E-state index in [2.05, 4.69) is 31.0 Å². The number of ether oxygens (including phenoxy) is 1. The third-order valence-corrected chi connectivity index (χ3v) is 4.83. The Morgan fingerprint density at radius 3 is 2.76 bits per heavy atom. The molecule has 1 N–H and O–H groups in total. The molecule has 0 unspecified atom stereocenters. The molecule has 0 bridgehead atoms. The van der Waals surface area contributed by atoms with Gasteiger partial charge in [-0.1, -0.05) is 27.2 Å². The number of thiazole rings is 1. The van der Waals surface area contributed by atoms with Crippen molar-refractivity contribution in [3.05, 3.63) is 10.6 Å². The highest BCUT2D eigenvalue weighted by Gasteiger charge is 2.31. The van der Waals surface area contributed by atoms with E-state index in [1.165, 1.54) is 28.5 Å². The molecular weight excluding hydrogens is 282 g/mol. The first-order valence-corrected chi connectivity index (χ1v) is 8.94. The fourth-order valence-corrected chi connectivity index (χ4v) is 3.52. The van der Waals surface area contributed by atoms with Crippen LogP contribution in [0.4, 0.5) is 5.13 Å². The van der Waals surface area contributed by atoms with E-state index in [9.17, 15) is 0 Å². The van der Waals surface area contributed by atoms with Crippen LogP contribution in [-0.4, -0.2) is 37.3 Å². The molecule has 0 saturated heterocycles. The molecule has 1 saturated carbocycles. The number of anilines is 1. The predicted molar refractivity (Wildman–Crippen MR) is 90.3 cm³/mol. The first kappa shape index (κ1) is 16.7. The van der Waals surface area contributed by atoms with Crippen LogP contribution in [0.15, 0.2) is 0 Å². The third-order valence-electron chi connectivity index (χ3n) is 3.69. The maximum atomic E-state index is 5.26. The van der Waals surface area contributed by atoms with E-state index >= 15 is 0 Å². The number of methoxy groups -OCH3 is 1. The number of nitrogens with one attached hydrogen (secondary N) is 1. The molecule has 1 fully saturated rings. The third kappa shape index (κ3) is 4.94. The minimum absolute atomic E-state index is 0.512. The number of nitrogens with zero attached hydrogens (tertiary/aromatic N) is 2. The van der Waals surface area contributed by atoms with E-state index < -0.39 is 0 Å². The van der Waals surface area contributed by atoms with E-state index in [1.807, 2.05) is 11.3 Å². The lowest BCUT2D eigenvalue weighted by molar-refractivity contribution is 0.205. The van der Waals surface area contributed by atoms with E-state index in [1.54, 1.807) is 7.11 Å². The second-order valence-corrected chi connectivity index (χ2v) is 7.13. The Bertz CT molecular complexity index is 429. The Balaban J connectivity index is 2.11. The fourth-order valence-electron chi connectivity index (χ4n) is 2.37. The van der Waals surface area contributed by atoms with Crippen molar-refractivity contribution in [2.75, 3.05) is 25.2 Å². The first-order valence-electron chi connectivity index (χ1n) is 8.13. The van der Waals surface area contributed by atoms with Gasteiger partial charge in [0.15, 0.2) is 5.13 Å². The molecule has 2 rings (SSSR count). The molecule has 21 heavy (non-hydrogen) atoms. The van der Waals surface area contributed by atoms with Gasteiger partial charge in [0.2, 0.25) is 0 Å². The van der Waals surface area contributed by atoms with Crippen LogP contribution in [0, 0.1) is 0 Å². The lowest BCUT2D eigenvalue weighted by Crippen LogP contribution is -2.29. The largest absolute Gasteiger partial charge is 0.383 e. The molecule has 0 aromatic carbocycles. The second-order valence-electron chi connectivity index (χ2n) is 6.07. The van der Waals surface area contributed by atoms with Gasteiger partial charge in [0, 0.05) is 37.2 Å². The van der Waals surface area contributed by atoms with Gasteiger partial charge >= 0.3 is 0 Å². The molecule has 0 spiro atoms. The van der Waals surface area contributed by atoms with Gasteiger partial charge in [-0.2, -0.15) is 0 Å². The monoisotopic (exact) mass is 311 g/mol.